The monoisotopic (exact) mass is 377 g/mol. The van der Waals surface area contributed by atoms with Gasteiger partial charge in [0.25, 0.3) is 0 Å². The number of benzene rings is 2. The van der Waals surface area contributed by atoms with Gasteiger partial charge in [0.2, 0.25) is 10.0 Å². The summed E-state index contributed by atoms with van der Waals surface area (Å²) in [6, 6.07) is 12.5. The van der Waals surface area contributed by atoms with Gasteiger partial charge in [-0.25, -0.2) is 13.1 Å². The molecule has 0 unspecified atom stereocenters. The summed E-state index contributed by atoms with van der Waals surface area (Å²) in [5.41, 5.74) is 2.02. The van der Waals surface area contributed by atoms with E-state index in [9.17, 15) is 8.42 Å². The fraction of sp³-hybridized carbons (Fsp3) is 0.400. The smallest absolute Gasteiger partial charge is 0.240 e. The van der Waals surface area contributed by atoms with Crippen LogP contribution in [0.25, 0.3) is 0 Å². The standard InChI is InChI=1S/C20H27NO4S/c1-20(2,3)16-6-8-19(9-7-16)26(22,23)21-11-10-15-12-17(24-4)14-18(13-15)25-5/h6-9,12-14,21H,10-11H2,1-5H3. The first-order valence-corrected chi connectivity index (χ1v) is 9.96. The van der Waals surface area contributed by atoms with Gasteiger partial charge in [0.15, 0.2) is 0 Å². The normalized spacial score (nSPS) is 12.0. The first-order chi connectivity index (χ1) is 12.2. The van der Waals surface area contributed by atoms with Crippen molar-refractivity contribution in [2.75, 3.05) is 20.8 Å². The Bertz CT molecular complexity index is 815. The Labute approximate surface area is 156 Å². The minimum atomic E-state index is -3.54. The molecule has 0 aliphatic carbocycles. The molecule has 26 heavy (non-hydrogen) atoms. The van der Waals surface area contributed by atoms with Gasteiger partial charge in [0, 0.05) is 12.6 Å². The van der Waals surface area contributed by atoms with Crippen molar-refractivity contribution in [2.45, 2.75) is 37.5 Å². The van der Waals surface area contributed by atoms with E-state index in [4.69, 9.17) is 9.47 Å². The van der Waals surface area contributed by atoms with E-state index in [1.165, 1.54) is 0 Å². The van der Waals surface area contributed by atoms with Crippen LogP contribution < -0.4 is 14.2 Å². The summed E-state index contributed by atoms with van der Waals surface area (Å²) >= 11 is 0. The van der Waals surface area contributed by atoms with Crippen molar-refractivity contribution in [2.24, 2.45) is 0 Å². The predicted molar refractivity (Wildman–Crippen MR) is 104 cm³/mol. The van der Waals surface area contributed by atoms with Crippen molar-refractivity contribution < 1.29 is 17.9 Å². The van der Waals surface area contributed by atoms with Crippen molar-refractivity contribution in [3.63, 3.8) is 0 Å². The quantitative estimate of drug-likeness (QED) is 0.802. The molecule has 0 saturated heterocycles. The van der Waals surface area contributed by atoms with E-state index < -0.39 is 10.0 Å². The van der Waals surface area contributed by atoms with E-state index in [1.807, 2.05) is 24.3 Å². The number of nitrogens with one attached hydrogen (secondary N) is 1. The summed E-state index contributed by atoms with van der Waals surface area (Å²) in [5.74, 6) is 1.36. The fourth-order valence-corrected chi connectivity index (χ4v) is 3.59. The van der Waals surface area contributed by atoms with Crippen molar-refractivity contribution in [1.29, 1.82) is 0 Å². The maximum atomic E-state index is 12.5. The van der Waals surface area contributed by atoms with Gasteiger partial charge in [-0.15, -0.1) is 0 Å². The molecule has 142 valence electrons. The zero-order valence-electron chi connectivity index (χ0n) is 16.0. The SMILES string of the molecule is COc1cc(CCNS(=O)(=O)c2ccc(C(C)(C)C)cc2)cc(OC)c1. The molecule has 0 spiro atoms. The summed E-state index contributed by atoms with van der Waals surface area (Å²) < 4.78 is 38.1. The second-order valence-electron chi connectivity index (χ2n) is 7.14. The highest BCUT2D eigenvalue weighted by molar-refractivity contribution is 7.89. The Morgan fingerprint density at radius 3 is 1.92 bits per heavy atom. The molecule has 0 atom stereocenters. The lowest BCUT2D eigenvalue weighted by Gasteiger charge is -2.19. The number of ether oxygens (including phenoxy) is 2. The van der Waals surface area contributed by atoms with E-state index in [0.29, 0.717) is 24.5 Å². The molecule has 0 heterocycles. The molecule has 0 aliphatic rings. The van der Waals surface area contributed by atoms with Crippen LogP contribution in [0.1, 0.15) is 31.9 Å². The van der Waals surface area contributed by atoms with Crippen LogP contribution in [0.15, 0.2) is 47.4 Å². The van der Waals surface area contributed by atoms with Gasteiger partial charge in [0.1, 0.15) is 11.5 Å². The van der Waals surface area contributed by atoms with Crippen LogP contribution in [-0.2, 0) is 21.9 Å². The largest absolute Gasteiger partial charge is 0.497 e. The van der Waals surface area contributed by atoms with Crippen LogP contribution in [-0.4, -0.2) is 29.2 Å². The zero-order valence-corrected chi connectivity index (χ0v) is 16.8. The lowest BCUT2D eigenvalue weighted by Crippen LogP contribution is -2.26. The first kappa shape index (κ1) is 20.3. The molecule has 2 rings (SSSR count). The average Bonchev–Trinajstić information content (AvgIpc) is 2.60. The van der Waals surface area contributed by atoms with E-state index in [1.54, 1.807) is 32.4 Å². The van der Waals surface area contributed by atoms with Crippen molar-refractivity contribution >= 4 is 10.0 Å². The second-order valence-corrected chi connectivity index (χ2v) is 8.91. The second kappa shape index (κ2) is 8.10. The number of sulfonamides is 1. The maximum Gasteiger partial charge on any atom is 0.240 e. The Morgan fingerprint density at radius 2 is 1.46 bits per heavy atom. The Hall–Kier alpha value is -2.05. The van der Waals surface area contributed by atoms with Crippen LogP contribution in [0.4, 0.5) is 0 Å². The molecule has 0 saturated carbocycles. The summed E-state index contributed by atoms with van der Waals surface area (Å²) in [5, 5.41) is 0. The third-order valence-electron chi connectivity index (χ3n) is 4.15. The Balaban J connectivity index is 2.04. The fourth-order valence-electron chi connectivity index (χ4n) is 2.56. The Kier molecular flexibility index (Phi) is 6.31. The minimum Gasteiger partial charge on any atom is -0.497 e. The molecule has 0 amide bonds. The number of rotatable bonds is 7. The molecule has 0 aromatic heterocycles. The topological polar surface area (TPSA) is 64.6 Å². The van der Waals surface area contributed by atoms with Crippen molar-refractivity contribution in [1.82, 2.24) is 4.72 Å². The van der Waals surface area contributed by atoms with E-state index in [2.05, 4.69) is 25.5 Å². The molecule has 2 aromatic carbocycles. The summed E-state index contributed by atoms with van der Waals surface area (Å²) in [6.07, 6.45) is 0.535. The molecule has 0 bridgehead atoms. The number of methoxy groups -OCH3 is 2. The molecular formula is C20H27NO4S. The van der Waals surface area contributed by atoms with Crippen LogP contribution in [0.3, 0.4) is 0 Å². The molecule has 1 N–H and O–H groups in total. The van der Waals surface area contributed by atoms with Crippen LogP contribution in [0, 0.1) is 0 Å². The molecule has 0 fully saturated rings. The van der Waals surface area contributed by atoms with Gasteiger partial charge < -0.3 is 9.47 Å². The zero-order chi connectivity index (χ0) is 19.4. The van der Waals surface area contributed by atoms with Gasteiger partial charge in [-0.1, -0.05) is 32.9 Å². The maximum absolute atomic E-state index is 12.5. The Morgan fingerprint density at radius 1 is 0.923 bits per heavy atom. The van der Waals surface area contributed by atoms with Crippen molar-refractivity contribution in [3.8, 4) is 11.5 Å². The first-order valence-electron chi connectivity index (χ1n) is 8.48. The van der Waals surface area contributed by atoms with E-state index >= 15 is 0 Å². The third kappa shape index (κ3) is 5.22. The molecule has 5 nitrogen and oxygen atoms in total. The molecule has 6 heteroatoms. The lowest BCUT2D eigenvalue weighted by atomic mass is 9.87. The average molecular weight is 378 g/mol. The molecule has 0 radical (unpaired) electrons. The molecular weight excluding hydrogens is 350 g/mol. The van der Waals surface area contributed by atoms with Gasteiger partial charge in [-0.3, -0.25) is 0 Å². The number of hydrogen-bond donors (Lipinski definition) is 1. The summed E-state index contributed by atoms with van der Waals surface area (Å²) in [6.45, 7) is 6.57. The van der Waals surface area contributed by atoms with Gasteiger partial charge in [0.05, 0.1) is 19.1 Å². The highest BCUT2D eigenvalue weighted by Crippen LogP contribution is 2.24. The third-order valence-corrected chi connectivity index (χ3v) is 5.62. The highest BCUT2D eigenvalue weighted by atomic mass is 32.2. The molecule has 2 aromatic rings. The van der Waals surface area contributed by atoms with Gasteiger partial charge >= 0.3 is 0 Å². The van der Waals surface area contributed by atoms with Gasteiger partial charge in [-0.05, 0) is 47.2 Å². The van der Waals surface area contributed by atoms with Crippen molar-refractivity contribution in [3.05, 3.63) is 53.6 Å². The van der Waals surface area contributed by atoms with E-state index in [0.717, 1.165) is 11.1 Å². The lowest BCUT2D eigenvalue weighted by molar-refractivity contribution is 0.393. The number of hydrogen-bond acceptors (Lipinski definition) is 4. The highest BCUT2D eigenvalue weighted by Gasteiger charge is 2.17. The summed E-state index contributed by atoms with van der Waals surface area (Å²) in [4.78, 5) is 0.272. The van der Waals surface area contributed by atoms with Crippen LogP contribution in [0.5, 0.6) is 11.5 Å². The van der Waals surface area contributed by atoms with E-state index in [-0.39, 0.29) is 10.3 Å². The minimum absolute atomic E-state index is 0.0128. The molecule has 0 aliphatic heterocycles. The van der Waals surface area contributed by atoms with Crippen LogP contribution >= 0.6 is 0 Å². The predicted octanol–water partition coefficient (Wildman–Crippen LogP) is 3.52. The van der Waals surface area contributed by atoms with Gasteiger partial charge in [-0.2, -0.15) is 0 Å². The van der Waals surface area contributed by atoms with Crippen LogP contribution in [0.2, 0.25) is 0 Å². The summed E-state index contributed by atoms with van der Waals surface area (Å²) in [7, 11) is -0.365.